The van der Waals surface area contributed by atoms with E-state index < -0.39 is 15.9 Å². The molecule has 2 rings (SSSR count). The molecular formula is C17H22N2O4S. The molecule has 0 aliphatic rings. The minimum Gasteiger partial charge on any atom is -0.289 e. The summed E-state index contributed by atoms with van der Waals surface area (Å²) in [5.41, 5.74) is 1.54. The van der Waals surface area contributed by atoms with Crippen LogP contribution in [-0.4, -0.2) is 36.9 Å². The fourth-order valence-electron chi connectivity index (χ4n) is 2.53. The highest BCUT2D eigenvalue weighted by Gasteiger charge is 2.26. The summed E-state index contributed by atoms with van der Waals surface area (Å²) in [6, 6.07) is 12.5. The molecule has 2 aromatic carbocycles. The van der Waals surface area contributed by atoms with E-state index in [0.717, 1.165) is 11.8 Å². The van der Waals surface area contributed by atoms with Gasteiger partial charge in [-0.05, 0) is 17.9 Å². The van der Waals surface area contributed by atoms with Crippen LogP contribution in [0.5, 0.6) is 0 Å². The third-order valence-corrected chi connectivity index (χ3v) is 5.80. The van der Waals surface area contributed by atoms with E-state index in [1.807, 2.05) is 25.1 Å². The van der Waals surface area contributed by atoms with Gasteiger partial charge in [0.1, 0.15) is 0 Å². The van der Waals surface area contributed by atoms with Gasteiger partial charge in [0.2, 0.25) is 15.9 Å². The molecule has 0 aliphatic carbocycles. The van der Waals surface area contributed by atoms with Crippen LogP contribution in [0.2, 0.25) is 0 Å². The van der Waals surface area contributed by atoms with E-state index in [0.29, 0.717) is 18.4 Å². The summed E-state index contributed by atoms with van der Waals surface area (Å²) in [6.07, 6.45) is 1.45. The van der Waals surface area contributed by atoms with E-state index in [9.17, 15) is 13.2 Å². The molecular weight excluding hydrogens is 328 g/mol. The van der Waals surface area contributed by atoms with Crippen molar-refractivity contribution < 1.29 is 18.4 Å². The normalized spacial score (nSPS) is 11.8. The van der Waals surface area contributed by atoms with E-state index >= 15 is 0 Å². The van der Waals surface area contributed by atoms with Gasteiger partial charge in [-0.2, -0.15) is 4.31 Å². The molecule has 2 N–H and O–H groups in total. The highest BCUT2D eigenvalue weighted by atomic mass is 32.2. The largest absolute Gasteiger partial charge is 0.289 e. The van der Waals surface area contributed by atoms with Crippen LogP contribution in [-0.2, 0) is 14.8 Å². The summed E-state index contributed by atoms with van der Waals surface area (Å²) in [5.74, 6) is -0.607. The number of carbonyl (C=O) groups is 1. The Kier molecular flexibility index (Phi) is 6.30. The van der Waals surface area contributed by atoms with Crippen molar-refractivity contribution in [2.24, 2.45) is 0 Å². The minimum absolute atomic E-state index is 0.0257. The molecule has 0 heterocycles. The lowest BCUT2D eigenvalue weighted by Crippen LogP contribution is -2.35. The standard InChI is InChI=1S/C17H22N2O4S/c1-2-3-12-19(13-11-17(20)18-21)24(22,23)16-10-6-8-14-7-4-5-9-15(14)16/h4-10,21H,2-3,11-13H2,1H3,(H,18,20). The van der Waals surface area contributed by atoms with Crippen LogP contribution in [0, 0.1) is 0 Å². The second-order valence-electron chi connectivity index (χ2n) is 5.52. The summed E-state index contributed by atoms with van der Waals surface area (Å²) in [7, 11) is -3.73. The summed E-state index contributed by atoms with van der Waals surface area (Å²) < 4.78 is 27.5. The number of nitrogens with zero attached hydrogens (tertiary/aromatic N) is 1. The van der Waals surface area contributed by atoms with Gasteiger partial charge in [0, 0.05) is 24.9 Å². The average Bonchev–Trinajstić information content (AvgIpc) is 2.60. The number of nitrogens with one attached hydrogen (secondary N) is 1. The monoisotopic (exact) mass is 350 g/mol. The molecule has 1 amide bonds. The fourth-order valence-corrected chi connectivity index (χ4v) is 4.22. The highest BCUT2D eigenvalue weighted by Crippen LogP contribution is 2.26. The predicted molar refractivity (Wildman–Crippen MR) is 92.2 cm³/mol. The summed E-state index contributed by atoms with van der Waals surface area (Å²) in [4.78, 5) is 11.5. The van der Waals surface area contributed by atoms with E-state index in [-0.39, 0.29) is 17.9 Å². The molecule has 0 saturated heterocycles. The minimum atomic E-state index is -3.73. The van der Waals surface area contributed by atoms with Crippen LogP contribution in [0.3, 0.4) is 0 Å². The van der Waals surface area contributed by atoms with Crippen LogP contribution in [0.25, 0.3) is 10.8 Å². The van der Waals surface area contributed by atoms with Crippen molar-refractivity contribution in [3.63, 3.8) is 0 Å². The number of rotatable bonds is 8. The van der Waals surface area contributed by atoms with E-state index in [1.165, 1.54) is 9.79 Å². The predicted octanol–water partition coefficient (Wildman–Crippen LogP) is 2.53. The number of hydrogen-bond donors (Lipinski definition) is 2. The first-order valence-electron chi connectivity index (χ1n) is 7.91. The average molecular weight is 350 g/mol. The smallest absolute Gasteiger partial charge is 0.244 e. The molecule has 0 spiro atoms. The van der Waals surface area contributed by atoms with Gasteiger partial charge in [-0.25, -0.2) is 13.9 Å². The van der Waals surface area contributed by atoms with Crippen LogP contribution >= 0.6 is 0 Å². The first kappa shape index (κ1) is 18.4. The highest BCUT2D eigenvalue weighted by molar-refractivity contribution is 7.89. The Morgan fingerprint density at radius 2 is 1.83 bits per heavy atom. The molecule has 0 aliphatic heterocycles. The molecule has 0 saturated carbocycles. The van der Waals surface area contributed by atoms with Gasteiger partial charge < -0.3 is 0 Å². The van der Waals surface area contributed by atoms with Gasteiger partial charge in [-0.15, -0.1) is 0 Å². The van der Waals surface area contributed by atoms with Gasteiger partial charge in [-0.3, -0.25) is 10.0 Å². The molecule has 0 atom stereocenters. The second kappa shape index (κ2) is 8.23. The maximum absolute atomic E-state index is 13.1. The Morgan fingerprint density at radius 1 is 1.12 bits per heavy atom. The lowest BCUT2D eigenvalue weighted by molar-refractivity contribution is -0.129. The molecule has 2 aromatic rings. The Hall–Kier alpha value is -1.96. The molecule has 0 aromatic heterocycles. The molecule has 0 unspecified atom stereocenters. The Morgan fingerprint density at radius 3 is 2.54 bits per heavy atom. The van der Waals surface area contributed by atoms with Crippen molar-refractivity contribution in [3.8, 4) is 0 Å². The summed E-state index contributed by atoms with van der Waals surface area (Å²) in [6.45, 7) is 2.34. The number of sulfonamides is 1. The Bertz CT molecular complexity index is 800. The molecule has 6 nitrogen and oxygen atoms in total. The molecule has 0 bridgehead atoms. The van der Waals surface area contributed by atoms with Gasteiger partial charge in [0.05, 0.1) is 4.90 Å². The lowest BCUT2D eigenvalue weighted by atomic mass is 10.1. The van der Waals surface area contributed by atoms with Crippen LogP contribution in [0.4, 0.5) is 0 Å². The van der Waals surface area contributed by atoms with Crippen molar-refractivity contribution in [2.75, 3.05) is 13.1 Å². The number of amides is 1. The number of carbonyl (C=O) groups excluding carboxylic acids is 1. The molecule has 0 radical (unpaired) electrons. The lowest BCUT2D eigenvalue weighted by Gasteiger charge is -2.22. The second-order valence-corrected chi connectivity index (χ2v) is 7.43. The Labute approximate surface area is 142 Å². The molecule has 130 valence electrons. The van der Waals surface area contributed by atoms with Gasteiger partial charge in [0.25, 0.3) is 0 Å². The topological polar surface area (TPSA) is 86.7 Å². The molecule has 0 fully saturated rings. The third kappa shape index (κ3) is 4.11. The summed E-state index contributed by atoms with van der Waals surface area (Å²) in [5, 5.41) is 10.1. The van der Waals surface area contributed by atoms with E-state index in [4.69, 9.17) is 5.21 Å². The van der Waals surface area contributed by atoms with Crippen molar-refractivity contribution in [2.45, 2.75) is 31.1 Å². The number of unbranched alkanes of at least 4 members (excludes halogenated alkanes) is 1. The fraction of sp³-hybridized carbons (Fsp3) is 0.353. The van der Waals surface area contributed by atoms with Crippen molar-refractivity contribution in [1.29, 1.82) is 0 Å². The first-order valence-corrected chi connectivity index (χ1v) is 9.35. The maximum Gasteiger partial charge on any atom is 0.244 e. The van der Waals surface area contributed by atoms with Crippen LogP contribution in [0.15, 0.2) is 47.4 Å². The van der Waals surface area contributed by atoms with Crippen molar-refractivity contribution >= 4 is 26.7 Å². The zero-order chi connectivity index (χ0) is 17.6. The first-order chi connectivity index (χ1) is 11.5. The zero-order valence-electron chi connectivity index (χ0n) is 13.6. The van der Waals surface area contributed by atoms with E-state index in [1.54, 1.807) is 24.3 Å². The van der Waals surface area contributed by atoms with Crippen LogP contribution in [0.1, 0.15) is 26.2 Å². The van der Waals surface area contributed by atoms with Gasteiger partial charge in [-0.1, -0.05) is 49.7 Å². The maximum atomic E-state index is 13.1. The SMILES string of the molecule is CCCCN(CCC(=O)NO)S(=O)(=O)c1cccc2ccccc12. The van der Waals surface area contributed by atoms with Crippen LogP contribution < -0.4 is 5.48 Å². The zero-order valence-corrected chi connectivity index (χ0v) is 14.4. The third-order valence-electron chi connectivity index (χ3n) is 3.84. The quantitative estimate of drug-likeness (QED) is 0.566. The number of benzene rings is 2. The van der Waals surface area contributed by atoms with E-state index in [2.05, 4.69) is 0 Å². The summed E-state index contributed by atoms with van der Waals surface area (Å²) >= 11 is 0. The Balaban J connectivity index is 2.39. The van der Waals surface area contributed by atoms with Gasteiger partial charge in [0.15, 0.2) is 0 Å². The van der Waals surface area contributed by atoms with Crippen molar-refractivity contribution in [3.05, 3.63) is 42.5 Å². The number of hydroxylamine groups is 1. The van der Waals surface area contributed by atoms with Crippen molar-refractivity contribution in [1.82, 2.24) is 9.79 Å². The molecule has 7 heteroatoms. The molecule has 24 heavy (non-hydrogen) atoms. The van der Waals surface area contributed by atoms with Gasteiger partial charge >= 0.3 is 0 Å². The number of hydrogen-bond acceptors (Lipinski definition) is 4. The number of fused-ring (bicyclic) bond motifs is 1.